The van der Waals surface area contributed by atoms with Gasteiger partial charge in [-0.15, -0.1) is 0 Å². The molecule has 0 bridgehead atoms. The Bertz CT molecular complexity index is 900. The molecule has 1 atom stereocenters. The van der Waals surface area contributed by atoms with E-state index in [1.165, 1.54) is 6.26 Å². The van der Waals surface area contributed by atoms with Crippen LogP contribution in [-0.2, 0) is 6.54 Å². The Morgan fingerprint density at radius 1 is 1.06 bits per heavy atom. The van der Waals surface area contributed by atoms with E-state index in [0.717, 1.165) is 24.5 Å². The number of carbonyl (C=O) groups is 2. The summed E-state index contributed by atoms with van der Waals surface area (Å²) in [4.78, 5) is 33.5. The van der Waals surface area contributed by atoms with E-state index >= 15 is 0 Å². The second-order valence-electron chi connectivity index (χ2n) is 7.91. The Balaban J connectivity index is 1.57. The van der Waals surface area contributed by atoms with Crippen molar-refractivity contribution in [3.63, 3.8) is 0 Å². The lowest BCUT2D eigenvalue weighted by Gasteiger charge is -2.36. The van der Waals surface area contributed by atoms with Crippen molar-refractivity contribution >= 4 is 17.8 Å². The molecular weight excluding hydrogens is 406 g/mol. The second-order valence-corrected chi connectivity index (χ2v) is 7.91. The standard InChI is InChI=1S/C24H33N5O3/c1-4-18(3)27-22(30)20-10-8-19(9-11-20)17-26-24(25-5-2)29-14-12-28(13-15-29)23(31)21-7-6-16-32-21/h6-11,16,18H,4-5,12-15,17H2,1-3H3,(H,25,26)(H,27,30). The third-order valence-corrected chi connectivity index (χ3v) is 5.55. The van der Waals surface area contributed by atoms with Gasteiger partial charge in [0.2, 0.25) is 0 Å². The number of carbonyl (C=O) groups excluding carboxylic acids is 2. The first-order valence-corrected chi connectivity index (χ1v) is 11.3. The number of nitrogens with zero attached hydrogens (tertiary/aromatic N) is 3. The van der Waals surface area contributed by atoms with Gasteiger partial charge in [-0.05, 0) is 50.1 Å². The molecule has 2 heterocycles. The summed E-state index contributed by atoms with van der Waals surface area (Å²) in [7, 11) is 0. The highest BCUT2D eigenvalue weighted by Crippen LogP contribution is 2.11. The number of aliphatic imine (C=N–C) groups is 1. The fraction of sp³-hybridized carbons (Fsp3) is 0.458. The van der Waals surface area contributed by atoms with Crippen molar-refractivity contribution in [3.8, 4) is 0 Å². The van der Waals surface area contributed by atoms with Crippen LogP contribution in [0, 0.1) is 0 Å². The Hall–Kier alpha value is -3.29. The minimum atomic E-state index is -0.0750. The third-order valence-electron chi connectivity index (χ3n) is 5.55. The van der Waals surface area contributed by atoms with Crippen LogP contribution in [0.5, 0.6) is 0 Å². The first-order chi connectivity index (χ1) is 15.5. The number of hydrogen-bond acceptors (Lipinski definition) is 4. The second kappa shape index (κ2) is 11.4. The normalized spacial score (nSPS) is 15.4. The number of furan rings is 1. The van der Waals surface area contributed by atoms with Gasteiger partial charge in [0.1, 0.15) is 0 Å². The molecule has 2 N–H and O–H groups in total. The molecule has 3 rings (SSSR count). The van der Waals surface area contributed by atoms with Crippen molar-refractivity contribution in [1.82, 2.24) is 20.4 Å². The average Bonchev–Trinajstić information content (AvgIpc) is 3.36. The number of hydrogen-bond donors (Lipinski definition) is 2. The highest BCUT2D eigenvalue weighted by atomic mass is 16.3. The molecule has 2 amide bonds. The van der Waals surface area contributed by atoms with Gasteiger partial charge in [-0.3, -0.25) is 9.59 Å². The number of rotatable bonds is 7. The lowest BCUT2D eigenvalue weighted by Crippen LogP contribution is -2.53. The van der Waals surface area contributed by atoms with E-state index in [2.05, 4.69) is 15.5 Å². The number of guanidine groups is 1. The quantitative estimate of drug-likeness (QED) is 0.511. The Kier molecular flexibility index (Phi) is 8.30. The van der Waals surface area contributed by atoms with E-state index in [1.54, 1.807) is 12.1 Å². The summed E-state index contributed by atoms with van der Waals surface area (Å²) in [6, 6.07) is 11.1. The molecule has 0 spiro atoms. The molecular formula is C24H33N5O3. The fourth-order valence-corrected chi connectivity index (χ4v) is 3.44. The summed E-state index contributed by atoms with van der Waals surface area (Å²) >= 11 is 0. The Morgan fingerprint density at radius 3 is 2.34 bits per heavy atom. The highest BCUT2D eigenvalue weighted by Gasteiger charge is 2.25. The van der Waals surface area contributed by atoms with E-state index < -0.39 is 0 Å². The molecule has 0 aliphatic carbocycles. The Morgan fingerprint density at radius 2 is 1.75 bits per heavy atom. The first-order valence-electron chi connectivity index (χ1n) is 11.3. The lowest BCUT2D eigenvalue weighted by atomic mass is 10.1. The van der Waals surface area contributed by atoms with E-state index in [-0.39, 0.29) is 17.9 Å². The largest absolute Gasteiger partial charge is 0.459 e. The molecule has 8 heteroatoms. The molecule has 1 aliphatic rings. The van der Waals surface area contributed by atoms with Crippen LogP contribution in [-0.4, -0.2) is 66.3 Å². The predicted octanol–water partition coefficient (Wildman–Crippen LogP) is 2.73. The van der Waals surface area contributed by atoms with Crippen molar-refractivity contribution in [1.29, 1.82) is 0 Å². The van der Waals surface area contributed by atoms with Crippen LogP contribution >= 0.6 is 0 Å². The van der Waals surface area contributed by atoms with Crippen molar-refractivity contribution in [2.75, 3.05) is 32.7 Å². The molecule has 0 radical (unpaired) electrons. The van der Waals surface area contributed by atoms with Crippen LogP contribution in [0.1, 0.15) is 53.7 Å². The van der Waals surface area contributed by atoms with E-state index in [1.807, 2.05) is 49.9 Å². The van der Waals surface area contributed by atoms with E-state index in [9.17, 15) is 9.59 Å². The molecule has 1 fully saturated rings. The van der Waals surface area contributed by atoms with Crippen molar-refractivity contribution in [2.45, 2.75) is 39.8 Å². The zero-order valence-electron chi connectivity index (χ0n) is 19.1. The number of nitrogens with one attached hydrogen (secondary N) is 2. The van der Waals surface area contributed by atoms with Gasteiger partial charge in [-0.1, -0.05) is 19.1 Å². The minimum absolute atomic E-state index is 0.0512. The molecule has 1 aliphatic heterocycles. The maximum Gasteiger partial charge on any atom is 0.289 e. The molecule has 1 saturated heterocycles. The van der Waals surface area contributed by atoms with Crippen molar-refractivity contribution in [2.24, 2.45) is 4.99 Å². The molecule has 1 unspecified atom stereocenters. The summed E-state index contributed by atoms with van der Waals surface area (Å²) in [6.07, 6.45) is 2.42. The molecule has 2 aromatic rings. The number of piperazine rings is 1. The van der Waals surface area contributed by atoms with Gasteiger partial charge in [-0.2, -0.15) is 0 Å². The van der Waals surface area contributed by atoms with Crippen LogP contribution in [0.2, 0.25) is 0 Å². The predicted molar refractivity (Wildman–Crippen MR) is 125 cm³/mol. The molecule has 0 saturated carbocycles. The van der Waals surface area contributed by atoms with Crippen LogP contribution < -0.4 is 10.6 Å². The van der Waals surface area contributed by atoms with Crippen LogP contribution in [0.25, 0.3) is 0 Å². The summed E-state index contributed by atoms with van der Waals surface area (Å²) in [5.41, 5.74) is 1.69. The number of benzene rings is 1. The first kappa shape index (κ1) is 23.4. The van der Waals surface area contributed by atoms with Crippen molar-refractivity contribution < 1.29 is 14.0 Å². The SMILES string of the molecule is CCNC(=NCc1ccc(C(=O)NC(C)CC)cc1)N1CCN(C(=O)c2ccco2)CC1. The zero-order chi connectivity index (χ0) is 22.9. The maximum atomic E-state index is 12.5. The van der Waals surface area contributed by atoms with Gasteiger partial charge in [0.25, 0.3) is 11.8 Å². The topological polar surface area (TPSA) is 90.2 Å². The van der Waals surface area contributed by atoms with Gasteiger partial charge in [0, 0.05) is 44.3 Å². The Labute approximate surface area is 189 Å². The van der Waals surface area contributed by atoms with Gasteiger partial charge >= 0.3 is 0 Å². The van der Waals surface area contributed by atoms with Crippen LogP contribution in [0.3, 0.4) is 0 Å². The zero-order valence-corrected chi connectivity index (χ0v) is 19.1. The van der Waals surface area contributed by atoms with Gasteiger partial charge in [0.15, 0.2) is 11.7 Å². The minimum Gasteiger partial charge on any atom is -0.459 e. The monoisotopic (exact) mass is 439 g/mol. The highest BCUT2D eigenvalue weighted by molar-refractivity contribution is 5.94. The molecule has 172 valence electrons. The third kappa shape index (κ3) is 6.12. The summed E-state index contributed by atoms with van der Waals surface area (Å²) in [5, 5.41) is 6.32. The lowest BCUT2D eigenvalue weighted by molar-refractivity contribution is 0.0657. The van der Waals surface area contributed by atoms with Gasteiger partial charge in [0.05, 0.1) is 12.8 Å². The fourth-order valence-electron chi connectivity index (χ4n) is 3.44. The van der Waals surface area contributed by atoms with E-state index in [0.29, 0.717) is 44.0 Å². The van der Waals surface area contributed by atoms with Gasteiger partial charge < -0.3 is 24.9 Å². The smallest absolute Gasteiger partial charge is 0.289 e. The summed E-state index contributed by atoms with van der Waals surface area (Å²) < 4.78 is 5.23. The molecule has 1 aromatic heterocycles. The molecule has 8 nitrogen and oxygen atoms in total. The molecule has 32 heavy (non-hydrogen) atoms. The molecule has 1 aromatic carbocycles. The van der Waals surface area contributed by atoms with E-state index in [4.69, 9.17) is 9.41 Å². The van der Waals surface area contributed by atoms with Crippen LogP contribution in [0.4, 0.5) is 0 Å². The van der Waals surface area contributed by atoms with Crippen LogP contribution in [0.15, 0.2) is 52.1 Å². The summed E-state index contributed by atoms with van der Waals surface area (Å²) in [5.74, 6) is 1.08. The van der Waals surface area contributed by atoms with Gasteiger partial charge in [-0.25, -0.2) is 4.99 Å². The average molecular weight is 440 g/mol. The maximum absolute atomic E-state index is 12.5. The van der Waals surface area contributed by atoms with Crippen molar-refractivity contribution in [3.05, 3.63) is 59.5 Å². The summed E-state index contributed by atoms with van der Waals surface area (Å²) in [6.45, 7) is 9.99. The number of amides is 2.